The fourth-order valence-corrected chi connectivity index (χ4v) is 3.32. The molecule has 0 atom stereocenters. The zero-order valence-electron chi connectivity index (χ0n) is 13.0. The van der Waals surface area contributed by atoms with Crippen LogP contribution in [-0.2, 0) is 6.42 Å². The number of hydrogen-bond donors (Lipinski definition) is 0. The topological polar surface area (TPSA) is 70.5 Å². The summed E-state index contributed by atoms with van der Waals surface area (Å²) in [4.78, 5) is 12.3. The average molecular weight is 391 g/mol. The smallest absolute Gasteiger partial charge is 0.299 e. The molecular formula is C19H11BrN4O. The minimum atomic E-state index is -0.395. The maximum absolute atomic E-state index is 12.3. The van der Waals surface area contributed by atoms with E-state index in [0.29, 0.717) is 16.9 Å². The van der Waals surface area contributed by atoms with Crippen molar-refractivity contribution in [2.24, 2.45) is 10.2 Å². The summed E-state index contributed by atoms with van der Waals surface area (Å²) in [6.07, 6.45) is 0.102. The molecule has 2 heterocycles. The third-order valence-corrected chi connectivity index (χ3v) is 4.61. The lowest BCUT2D eigenvalue weighted by Gasteiger charge is -2.13. The zero-order chi connectivity index (χ0) is 17.4. The summed E-state index contributed by atoms with van der Waals surface area (Å²) in [6, 6.07) is 19.6. The van der Waals surface area contributed by atoms with Crippen LogP contribution in [0, 0.1) is 11.3 Å². The molecule has 3 aromatic rings. The third kappa shape index (κ3) is 2.49. The van der Waals surface area contributed by atoms with Crippen molar-refractivity contribution in [3.63, 3.8) is 0 Å². The number of carbonyl (C=O) groups excluding carboxylic acids is 1. The molecule has 0 bridgehead atoms. The molecule has 1 aliphatic heterocycles. The van der Waals surface area contributed by atoms with Gasteiger partial charge in [-0.25, -0.2) is 0 Å². The molecule has 4 rings (SSSR count). The zero-order valence-corrected chi connectivity index (χ0v) is 14.6. The van der Waals surface area contributed by atoms with E-state index >= 15 is 0 Å². The molecule has 6 heteroatoms. The molecule has 2 aromatic carbocycles. The van der Waals surface area contributed by atoms with Gasteiger partial charge in [0.2, 0.25) is 0 Å². The number of azo groups is 1. The Kier molecular flexibility index (Phi) is 3.79. The van der Waals surface area contributed by atoms with Crippen LogP contribution in [0.3, 0.4) is 0 Å². The highest BCUT2D eigenvalue weighted by molar-refractivity contribution is 9.10. The van der Waals surface area contributed by atoms with Crippen molar-refractivity contribution < 1.29 is 4.79 Å². The Balaban J connectivity index is 2.09. The fourth-order valence-electron chi connectivity index (χ4n) is 3.05. The van der Waals surface area contributed by atoms with Gasteiger partial charge in [0.15, 0.2) is 0 Å². The SMILES string of the molecule is N#CCc1c2c(c(-c3ccc(Br)cc3)n1-c1ccccc1)N=NC2=O. The Labute approximate surface area is 152 Å². The predicted octanol–water partition coefficient (Wildman–Crippen LogP) is 5.21. The Morgan fingerprint density at radius 2 is 1.76 bits per heavy atom. The molecule has 25 heavy (non-hydrogen) atoms. The van der Waals surface area contributed by atoms with Crippen LogP contribution in [0.2, 0.25) is 0 Å². The summed E-state index contributed by atoms with van der Waals surface area (Å²) in [5.41, 5.74) is 4.12. The lowest BCUT2D eigenvalue weighted by Crippen LogP contribution is -2.05. The van der Waals surface area contributed by atoms with E-state index in [1.807, 2.05) is 59.2 Å². The number of nitrogens with zero attached hydrogens (tertiary/aromatic N) is 4. The van der Waals surface area contributed by atoms with E-state index in [1.54, 1.807) is 0 Å². The van der Waals surface area contributed by atoms with E-state index < -0.39 is 5.91 Å². The van der Waals surface area contributed by atoms with Crippen LogP contribution in [0.1, 0.15) is 16.1 Å². The van der Waals surface area contributed by atoms with Crippen LogP contribution in [0.5, 0.6) is 0 Å². The van der Waals surface area contributed by atoms with Crippen LogP contribution in [0.25, 0.3) is 16.9 Å². The van der Waals surface area contributed by atoms with E-state index in [9.17, 15) is 10.1 Å². The molecule has 0 spiro atoms. The maximum atomic E-state index is 12.3. The Morgan fingerprint density at radius 3 is 2.44 bits per heavy atom. The van der Waals surface area contributed by atoms with E-state index in [-0.39, 0.29) is 6.42 Å². The molecule has 0 radical (unpaired) electrons. The molecule has 0 saturated heterocycles. The highest BCUT2D eigenvalue weighted by Crippen LogP contribution is 2.44. The van der Waals surface area contributed by atoms with Crippen molar-refractivity contribution >= 4 is 27.5 Å². The number of amides is 1. The van der Waals surface area contributed by atoms with E-state index in [1.165, 1.54) is 0 Å². The number of hydrogen-bond acceptors (Lipinski definition) is 3. The second kappa shape index (κ2) is 6.11. The molecule has 0 saturated carbocycles. The molecule has 1 aromatic heterocycles. The Hall–Kier alpha value is -3.04. The lowest BCUT2D eigenvalue weighted by molar-refractivity contribution is 0.100. The van der Waals surface area contributed by atoms with Crippen LogP contribution in [-0.4, -0.2) is 10.5 Å². The Bertz CT molecular complexity index is 1040. The van der Waals surface area contributed by atoms with Gasteiger partial charge in [0.25, 0.3) is 5.91 Å². The van der Waals surface area contributed by atoms with Crippen molar-refractivity contribution in [2.45, 2.75) is 6.42 Å². The largest absolute Gasteiger partial charge is 0.310 e. The van der Waals surface area contributed by atoms with E-state index in [4.69, 9.17) is 0 Å². The highest BCUT2D eigenvalue weighted by atomic mass is 79.9. The molecule has 0 aliphatic carbocycles. The summed E-state index contributed by atoms with van der Waals surface area (Å²) in [7, 11) is 0. The van der Waals surface area contributed by atoms with Gasteiger partial charge in [-0.2, -0.15) is 5.26 Å². The molecule has 1 amide bonds. The normalized spacial score (nSPS) is 12.2. The molecule has 0 fully saturated rings. The first-order valence-corrected chi connectivity index (χ1v) is 8.42. The number of fused-ring (bicyclic) bond motifs is 1. The maximum Gasteiger partial charge on any atom is 0.299 e. The van der Waals surface area contributed by atoms with Gasteiger partial charge in [0, 0.05) is 15.7 Å². The number of aromatic nitrogens is 1. The number of para-hydroxylation sites is 1. The minimum absolute atomic E-state index is 0.102. The molecular weight excluding hydrogens is 380 g/mol. The second-order valence-corrected chi connectivity index (χ2v) is 6.45. The van der Waals surface area contributed by atoms with Gasteiger partial charge >= 0.3 is 0 Å². The summed E-state index contributed by atoms with van der Waals surface area (Å²) < 4.78 is 2.90. The van der Waals surface area contributed by atoms with Crippen molar-refractivity contribution in [2.75, 3.05) is 0 Å². The minimum Gasteiger partial charge on any atom is -0.310 e. The van der Waals surface area contributed by atoms with E-state index in [2.05, 4.69) is 32.2 Å². The third-order valence-electron chi connectivity index (χ3n) is 4.08. The van der Waals surface area contributed by atoms with Crippen molar-refractivity contribution in [3.8, 4) is 23.0 Å². The predicted molar refractivity (Wildman–Crippen MR) is 97.1 cm³/mol. The Morgan fingerprint density at radius 1 is 1.04 bits per heavy atom. The first kappa shape index (κ1) is 15.5. The number of halogens is 1. The van der Waals surface area contributed by atoms with Crippen molar-refractivity contribution in [1.29, 1.82) is 5.26 Å². The van der Waals surface area contributed by atoms with Crippen LogP contribution >= 0.6 is 15.9 Å². The summed E-state index contributed by atoms with van der Waals surface area (Å²) >= 11 is 3.44. The first-order valence-electron chi connectivity index (χ1n) is 7.62. The van der Waals surface area contributed by atoms with Crippen molar-refractivity contribution in [1.82, 2.24) is 4.57 Å². The van der Waals surface area contributed by atoms with Gasteiger partial charge in [-0.15, -0.1) is 10.2 Å². The van der Waals surface area contributed by atoms with Crippen LogP contribution < -0.4 is 0 Å². The van der Waals surface area contributed by atoms with Gasteiger partial charge in [0.1, 0.15) is 5.69 Å². The molecule has 0 unspecified atom stereocenters. The molecule has 0 N–H and O–H groups in total. The van der Waals surface area contributed by atoms with E-state index in [0.717, 1.165) is 21.4 Å². The fraction of sp³-hybridized carbons (Fsp3) is 0.0526. The number of carbonyl (C=O) groups is 1. The molecule has 1 aliphatic rings. The lowest BCUT2D eigenvalue weighted by atomic mass is 10.1. The summed E-state index contributed by atoms with van der Waals surface area (Å²) in [5.74, 6) is -0.395. The number of nitriles is 1. The van der Waals surface area contributed by atoms with Gasteiger partial charge < -0.3 is 4.57 Å². The van der Waals surface area contributed by atoms with Gasteiger partial charge in [0.05, 0.1) is 29.4 Å². The van der Waals surface area contributed by atoms with Crippen LogP contribution in [0.4, 0.5) is 5.69 Å². The molecule has 5 nitrogen and oxygen atoms in total. The molecule has 120 valence electrons. The monoisotopic (exact) mass is 390 g/mol. The second-order valence-electron chi connectivity index (χ2n) is 5.54. The highest BCUT2D eigenvalue weighted by Gasteiger charge is 2.32. The van der Waals surface area contributed by atoms with Gasteiger partial charge in [-0.1, -0.05) is 46.3 Å². The standard InChI is InChI=1S/C19H11BrN4O/c20-13-8-6-12(7-9-13)18-17-16(19(25)23-22-17)15(10-11-21)24(18)14-4-2-1-3-5-14/h1-9H,10H2. The number of rotatable bonds is 3. The van der Waals surface area contributed by atoms with Crippen LogP contribution in [0.15, 0.2) is 69.3 Å². The first-order chi connectivity index (χ1) is 12.2. The quantitative estimate of drug-likeness (QED) is 0.615. The van der Waals surface area contributed by atoms with Crippen molar-refractivity contribution in [3.05, 3.63) is 70.3 Å². The summed E-state index contributed by atoms with van der Waals surface area (Å²) in [5, 5.41) is 17.1. The van der Waals surface area contributed by atoms with Gasteiger partial charge in [-0.3, -0.25) is 4.79 Å². The van der Waals surface area contributed by atoms with Gasteiger partial charge in [-0.05, 0) is 24.3 Å². The average Bonchev–Trinajstić information content (AvgIpc) is 3.16. The summed E-state index contributed by atoms with van der Waals surface area (Å²) in [6.45, 7) is 0. The number of benzene rings is 2.